The summed E-state index contributed by atoms with van der Waals surface area (Å²) in [4.78, 5) is 26.0. The van der Waals surface area contributed by atoms with Crippen molar-refractivity contribution in [3.8, 4) is 11.5 Å². The van der Waals surface area contributed by atoms with Crippen molar-refractivity contribution < 1.29 is 13.6 Å². The van der Waals surface area contributed by atoms with Crippen molar-refractivity contribution in [2.75, 3.05) is 19.8 Å². The number of nitrogens with zero attached hydrogens (tertiary/aromatic N) is 6. The average molecular weight is 409 g/mol. The average Bonchev–Trinajstić information content (AvgIpc) is 3.06. The van der Waals surface area contributed by atoms with Crippen LogP contribution in [0, 0.1) is 11.6 Å². The van der Waals surface area contributed by atoms with Gasteiger partial charge in [-0.25, -0.2) is 28.4 Å². The molecule has 3 heterocycles. The minimum Gasteiger partial charge on any atom is -0.383 e. The fourth-order valence-electron chi connectivity index (χ4n) is 3.01. The number of hydrogen-bond acceptors (Lipinski definition) is 6. The van der Waals surface area contributed by atoms with Gasteiger partial charge in [0.2, 0.25) is 0 Å². The van der Waals surface area contributed by atoms with E-state index in [1.807, 2.05) is 0 Å². The van der Waals surface area contributed by atoms with Crippen LogP contribution in [0.2, 0.25) is 0 Å². The Kier molecular flexibility index (Phi) is 4.82. The Hall–Kier alpha value is -3.95. The standard InChI is InChI=1S/C20H17F2N7O/c1-28(2)20(30)14-9-24-18(26-17(14)23)16-13-7-12(21)8-25-19(13)29(27-16)10-11-5-3-4-6-15(11)22/h3-9H,10H2,1-2H3,(H2,23,24,26). The molecular weight excluding hydrogens is 392 g/mol. The van der Waals surface area contributed by atoms with Gasteiger partial charge in [0.15, 0.2) is 11.5 Å². The zero-order valence-corrected chi connectivity index (χ0v) is 16.2. The van der Waals surface area contributed by atoms with Crippen molar-refractivity contribution in [1.29, 1.82) is 0 Å². The van der Waals surface area contributed by atoms with Crippen molar-refractivity contribution in [3.05, 3.63) is 65.5 Å². The maximum absolute atomic E-state index is 14.1. The van der Waals surface area contributed by atoms with Gasteiger partial charge < -0.3 is 10.6 Å². The summed E-state index contributed by atoms with van der Waals surface area (Å²) < 4.78 is 29.4. The molecule has 1 amide bonds. The van der Waals surface area contributed by atoms with Crippen LogP contribution in [0.3, 0.4) is 0 Å². The van der Waals surface area contributed by atoms with Crippen LogP contribution < -0.4 is 5.73 Å². The first kappa shape index (κ1) is 19.4. The van der Waals surface area contributed by atoms with Crippen molar-refractivity contribution in [2.24, 2.45) is 0 Å². The fourth-order valence-corrected chi connectivity index (χ4v) is 3.01. The first-order chi connectivity index (χ1) is 14.3. The van der Waals surface area contributed by atoms with E-state index in [0.717, 1.165) is 6.20 Å². The van der Waals surface area contributed by atoms with Crippen LogP contribution in [-0.4, -0.2) is 49.6 Å². The molecule has 0 saturated heterocycles. The van der Waals surface area contributed by atoms with E-state index in [9.17, 15) is 13.6 Å². The molecule has 0 unspecified atom stereocenters. The van der Waals surface area contributed by atoms with Crippen molar-refractivity contribution >= 4 is 22.8 Å². The number of carbonyl (C=O) groups excluding carboxylic acids is 1. The second-order valence-corrected chi connectivity index (χ2v) is 6.81. The van der Waals surface area contributed by atoms with Crippen molar-refractivity contribution in [1.82, 2.24) is 29.6 Å². The number of carbonyl (C=O) groups is 1. The molecule has 0 aliphatic carbocycles. The second kappa shape index (κ2) is 7.47. The third-order valence-electron chi connectivity index (χ3n) is 4.50. The number of amides is 1. The molecule has 30 heavy (non-hydrogen) atoms. The lowest BCUT2D eigenvalue weighted by molar-refractivity contribution is 0.0828. The molecule has 0 radical (unpaired) electrons. The number of hydrogen-bond donors (Lipinski definition) is 1. The maximum Gasteiger partial charge on any atom is 0.258 e. The highest BCUT2D eigenvalue weighted by molar-refractivity contribution is 5.98. The van der Waals surface area contributed by atoms with Gasteiger partial charge in [-0.1, -0.05) is 18.2 Å². The molecule has 8 nitrogen and oxygen atoms in total. The van der Waals surface area contributed by atoms with Gasteiger partial charge in [0.25, 0.3) is 5.91 Å². The van der Waals surface area contributed by atoms with Crippen LogP contribution in [0.5, 0.6) is 0 Å². The molecule has 0 bridgehead atoms. The Morgan fingerprint density at radius 1 is 1.17 bits per heavy atom. The summed E-state index contributed by atoms with van der Waals surface area (Å²) in [6.07, 6.45) is 2.36. The summed E-state index contributed by atoms with van der Waals surface area (Å²) >= 11 is 0. The molecule has 4 aromatic rings. The zero-order chi connectivity index (χ0) is 21.4. The van der Waals surface area contributed by atoms with Crippen LogP contribution in [0.1, 0.15) is 15.9 Å². The van der Waals surface area contributed by atoms with Crippen molar-refractivity contribution in [2.45, 2.75) is 6.54 Å². The van der Waals surface area contributed by atoms with Crippen molar-refractivity contribution in [3.63, 3.8) is 0 Å². The van der Waals surface area contributed by atoms with E-state index in [4.69, 9.17) is 5.73 Å². The number of nitrogens with two attached hydrogens (primary N) is 1. The molecule has 0 saturated carbocycles. The van der Waals surface area contributed by atoms with Crippen LogP contribution in [0.15, 0.2) is 42.7 Å². The highest BCUT2D eigenvalue weighted by Crippen LogP contribution is 2.27. The number of pyridine rings is 1. The van der Waals surface area contributed by atoms with Gasteiger partial charge in [-0.15, -0.1) is 0 Å². The monoisotopic (exact) mass is 409 g/mol. The number of nitrogen functional groups attached to an aromatic ring is 1. The third kappa shape index (κ3) is 3.43. The predicted octanol–water partition coefficient (Wildman–Crippen LogP) is 2.50. The van der Waals surface area contributed by atoms with E-state index in [0.29, 0.717) is 16.6 Å². The largest absolute Gasteiger partial charge is 0.383 e. The van der Waals surface area contributed by atoms with Gasteiger partial charge in [-0.3, -0.25) is 4.79 Å². The molecule has 0 aliphatic rings. The van der Waals surface area contributed by atoms with E-state index < -0.39 is 11.6 Å². The van der Waals surface area contributed by atoms with Crippen LogP contribution in [0.25, 0.3) is 22.6 Å². The number of anilines is 1. The quantitative estimate of drug-likeness (QED) is 0.556. The van der Waals surface area contributed by atoms with Crippen LogP contribution in [-0.2, 0) is 6.54 Å². The van der Waals surface area contributed by atoms with E-state index in [-0.39, 0.29) is 35.4 Å². The van der Waals surface area contributed by atoms with E-state index in [2.05, 4.69) is 20.1 Å². The van der Waals surface area contributed by atoms with Gasteiger partial charge in [-0.2, -0.15) is 5.10 Å². The van der Waals surface area contributed by atoms with E-state index in [1.54, 1.807) is 32.3 Å². The number of aromatic nitrogens is 5. The summed E-state index contributed by atoms with van der Waals surface area (Å²) in [5.41, 5.74) is 7.05. The summed E-state index contributed by atoms with van der Waals surface area (Å²) in [5.74, 6) is -1.23. The zero-order valence-electron chi connectivity index (χ0n) is 16.2. The SMILES string of the molecule is CN(C)C(=O)c1cnc(-c2nn(Cc3ccccc3F)c3ncc(F)cc23)nc1N. The van der Waals surface area contributed by atoms with Gasteiger partial charge >= 0.3 is 0 Å². The number of rotatable bonds is 4. The first-order valence-electron chi connectivity index (χ1n) is 8.95. The molecule has 152 valence electrons. The van der Waals surface area contributed by atoms with Gasteiger partial charge in [-0.05, 0) is 12.1 Å². The van der Waals surface area contributed by atoms with Gasteiger partial charge in [0.1, 0.15) is 28.7 Å². The molecule has 10 heteroatoms. The lowest BCUT2D eigenvalue weighted by atomic mass is 10.2. The third-order valence-corrected chi connectivity index (χ3v) is 4.50. The Morgan fingerprint density at radius 2 is 1.93 bits per heavy atom. The second-order valence-electron chi connectivity index (χ2n) is 6.81. The molecule has 1 aromatic carbocycles. The normalized spacial score (nSPS) is 11.1. The molecule has 3 aromatic heterocycles. The highest BCUT2D eigenvalue weighted by Gasteiger charge is 2.20. The maximum atomic E-state index is 14.1. The lowest BCUT2D eigenvalue weighted by Gasteiger charge is -2.11. The van der Waals surface area contributed by atoms with Crippen LogP contribution in [0.4, 0.5) is 14.6 Å². The molecule has 0 spiro atoms. The Morgan fingerprint density at radius 3 is 2.63 bits per heavy atom. The summed E-state index contributed by atoms with van der Waals surface area (Å²) in [5, 5.41) is 4.78. The summed E-state index contributed by atoms with van der Waals surface area (Å²) in [6, 6.07) is 7.52. The Balaban J connectivity index is 1.83. The number of fused-ring (bicyclic) bond motifs is 1. The molecule has 0 atom stereocenters. The summed E-state index contributed by atoms with van der Waals surface area (Å²) in [7, 11) is 3.17. The van der Waals surface area contributed by atoms with Gasteiger partial charge in [0.05, 0.1) is 18.1 Å². The number of benzene rings is 1. The fraction of sp³-hybridized carbons (Fsp3) is 0.150. The van der Waals surface area contributed by atoms with E-state index in [1.165, 1.54) is 27.9 Å². The smallest absolute Gasteiger partial charge is 0.258 e. The lowest BCUT2D eigenvalue weighted by Crippen LogP contribution is -2.23. The van der Waals surface area contributed by atoms with Crippen LogP contribution >= 0.6 is 0 Å². The Labute approximate surface area is 170 Å². The molecule has 0 fully saturated rings. The predicted molar refractivity (Wildman–Crippen MR) is 106 cm³/mol. The first-order valence-corrected chi connectivity index (χ1v) is 8.95. The molecular formula is C20H17F2N7O. The summed E-state index contributed by atoms with van der Waals surface area (Å²) in [6.45, 7) is 0.0779. The number of halogens is 2. The molecule has 2 N–H and O–H groups in total. The topological polar surface area (TPSA) is 103 Å². The minimum atomic E-state index is -0.568. The molecule has 4 rings (SSSR count). The minimum absolute atomic E-state index is 0.0279. The molecule has 0 aliphatic heterocycles. The Bertz CT molecular complexity index is 1270. The van der Waals surface area contributed by atoms with E-state index >= 15 is 0 Å². The van der Waals surface area contributed by atoms with Gasteiger partial charge in [0, 0.05) is 25.9 Å². The highest BCUT2D eigenvalue weighted by atomic mass is 19.1.